The average molecular weight is 932 g/mol. The molecule has 0 aromatic heterocycles. The van der Waals surface area contributed by atoms with E-state index in [0.717, 1.165) is 44.1 Å². The van der Waals surface area contributed by atoms with Gasteiger partial charge in [-0.25, -0.2) is 0 Å². The Hall–Kier alpha value is -3.94. The number of anilines is 2. The second kappa shape index (κ2) is 28.7. The van der Waals surface area contributed by atoms with E-state index in [0.29, 0.717) is 0 Å². The summed E-state index contributed by atoms with van der Waals surface area (Å²) < 4.78 is 4.25. The smallest absolute Gasteiger partial charge is 0.0780 e. The van der Waals surface area contributed by atoms with Crippen LogP contribution in [0.2, 0.25) is 0 Å². The first kappa shape index (κ1) is 56.6. The minimum absolute atomic E-state index is 1.06. The summed E-state index contributed by atoms with van der Waals surface area (Å²) in [6.07, 6.45) is 30.0. The molecule has 0 saturated carbocycles. The summed E-state index contributed by atoms with van der Waals surface area (Å²) in [4.78, 5) is 5.30. The number of fused-ring (bicyclic) bond motifs is 1. The summed E-state index contributed by atoms with van der Waals surface area (Å²) in [6.45, 7) is 9.63. The van der Waals surface area contributed by atoms with Crippen LogP contribution in [-0.4, -0.2) is 155 Å². The van der Waals surface area contributed by atoms with Crippen LogP contribution in [0.3, 0.4) is 0 Å². The Morgan fingerprint density at radius 1 is 0.279 bits per heavy atom. The largest absolute Gasteiger partial charge is 0.372 e. The van der Waals surface area contributed by atoms with Crippen LogP contribution in [0.4, 0.5) is 11.4 Å². The SMILES string of the molecule is C[N+](C)(C)CCCCCCN(CCCCCC[N+](C)(C)C)c1ccc(/C=C/c2ccc3cc(/C=C/c4ccc(N(CCCCCC[N+](C)(C)C)CCCCCC[N+](C)(C)C)cc4)ccc3c2)cc1. The Kier molecular flexibility index (Phi) is 23.9. The third kappa shape index (κ3) is 25.1. The van der Waals surface area contributed by atoms with Gasteiger partial charge in [-0.1, -0.05) is 98.5 Å². The monoisotopic (exact) mass is 931 g/mol. The average Bonchev–Trinajstić information content (AvgIpc) is 3.27. The standard InChI is InChI=1S/C62H102N6/c1-65(2,3)49-25-17-13-21-45-63(46-22-14-18-26-50-66(4,5)6)61-41-35-55(36-42-61)29-31-57-33-39-60-54-58(34-40-59(60)53-57)32-30-56-37-43-62(44-38-56)64(47-23-15-19-27-51-67(7,8)9)48-24-16-20-28-52-68(10,11)12/h29-44,53-54H,13-28,45-52H2,1-12H3/q+4/b31-29+,32-30+. The number of rotatable bonds is 34. The Morgan fingerprint density at radius 3 is 0.779 bits per heavy atom. The van der Waals surface area contributed by atoms with Gasteiger partial charge in [0.2, 0.25) is 0 Å². The van der Waals surface area contributed by atoms with Gasteiger partial charge in [0.15, 0.2) is 0 Å². The van der Waals surface area contributed by atoms with Crippen LogP contribution >= 0.6 is 0 Å². The lowest BCUT2D eigenvalue weighted by Crippen LogP contribution is -2.35. The first-order chi connectivity index (χ1) is 32.2. The molecule has 4 rings (SSSR count). The summed E-state index contributed by atoms with van der Waals surface area (Å²) in [5, 5.41) is 2.55. The van der Waals surface area contributed by atoms with Crippen molar-refractivity contribution < 1.29 is 17.9 Å². The van der Waals surface area contributed by atoms with Crippen molar-refractivity contribution in [2.24, 2.45) is 0 Å². The van der Waals surface area contributed by atoms with Gasteiger partial charge in [-0.3, -0.25) is 0 Å². The second-order valence-corrected chi connectivity index (χ2v) is 24.4. The van der Waals surface area contributed by atoms with Gasteiger partial charge < -0.3 is 27.7 Å². The summed E-state index contributed by atoms with van der Waals surface area (Å²) in [5.74, 6) is 0. The van der Waals surface area contributed by atoms with Crippen molar-refractivity contribution in [2.75, 3.05) is 147 Å². The van der Waals surface area contributed by atoms with E-state index in [4.69, 9.17) is 0 Å². The topological polar surface area (TPSA) is 6.48 Å². The Morgan fingerprint density at radius 2 is 0.515 bits per heavy atom. The Labute approximate surface area is 419 Å². The molecule has 68 heavy (non-hydrogen) atoms. The third-order valence-electron chi connectivity index (χ3n) is 13.4. The first-order valence-corrected chi connectivity index (χ1v) is 27.0. The van der Waals surface area contributed by atoms with Gasteiger partial charge in [-0.15, -0.1) is 0 Å². The lowest BCUT2D eigenvalue weighted by Gasteiger charge is -2.26. The number of benzene rings is 4. The fourth-order valence-electron chi connectivity index (χ4n) is 9.18. The summed E-state index contributed by atoms with van der Waals surface area (Å²) in [5.41, 5.74) is 7.69. The lowest BCUT2D eigenvalue weighted by atomic mass is 10.0. The molecule has 376 valence electrons. The van der Waals surface area contributed by atoms with Crippen LogP contribution in [0.15, 0.2) is 84.9 Å². The van der Waals surface area contributed by atoms with Crippen LogP contribution in [0.25, 0.3) is 35.1 Å². The minimum atomic E-state index is 1.06. The molecule has 0 spiro atoms. The highest BCUT2D eigenvalue weighted by molar-refractivity contribution is 5.88. The van der Waals surface area contributed by atoms with Gasteiger partial charge in [0.05, 0.1) is 111 Å². The molecular formula is C62H102N6+4. The minimum Gasteiger partial charge on any atom is -0.372 e. The van der Waals surface area contributed by atoms with E-state index in [2.05, 4.69) is 204 Å². The highest BCUT2D eigenvalue weighted by Crippen LogP contribution is 2.24. The molecule has 0 aliphatic rings. The Balaban J connectivity index is 1.32. The molecule has 4 aromatic rings. The summed E-state index contributed by atoms with van der Waals surface area (Å²) in [6, 6.07) is 32.3. The fraction of sp³-hybridized carbons (Fsp3) is 0.581. The maximum absolute atomic E-state index is 2.65. The predicted octanol–water partition coefficient (Wildman–Crippen LogP) is 13.9. The molecule has 4 aromatic carbocycles. The fourth-order valence-corrected chi connectivity index (χ4v) is 9.18. The lowest BCUT2D eigenvalue weighted by molar-refractivity contribution is -0.870. The summed E-state index contributed by atoms with van der Waals surface area (Å²) in [7, 11) is 27.6. The second-order valence-electron chi connectivity index (χ2n) is 24.4. The molecule has 6 heteroatoms. The van der Waals surface area contributed by atoms with Crippen molar-refractivity contribution >= 4 is 46.5 Å². The van der Waals surface area contributed by atoms with Crippen molar-refractivity contribution in [1.82, 2.24) is 0 Å². The van der Waals surface area contributed by atoms with E-state index >= 15 is 0 Å². The van der Waals surface area contributed by atoms with Crippen LogP contribution in [-0.2, 0) is 0 Å². The van der Waals surface area contributed by atoms with Gasteiger partial charge in [-0.05, 0) is 146 Å². The molecule has 0 aliphatic heterocycles. The van der Waals surface area contributed by atoms with Crippen LogP contribution in [0, 0.1) is 0 Å². The van der Waals surface area contributed by atoms with E-state index in [-0.39, 0.29) is 0 Å². The van der Waals surface area contributed by atoms with Crippen LogP contribution < -0.4 is 9.80 Å². The zero-order valence-corrected chi connectivity index (χ0v) is 46.0. The van der Waals surface area contributed by atoms with E-state index in [1.54, 1.807) is 0 Å². The molecule has 0 amide bonds. The van der Waals surface area contributed by atoms with Crippen molar-refractivity contribution in [1.29, 1.82) is 0 Å². The molecule has 0 radical (unpaired) electrons. The molecule has 0 fully saturated rings. The van der Waals surface area contributed by atoms with Crippen LogP contribution in [0.1, 0.15) is 125 Å². The van der Waals surface area contributed by atoms with Crippen molar-refractivity contribution in [2.45, 2.75) is 103 Å². The van der Waals surface area contributed by atoms with Crippen molar-refractivity contribution in [3.63, 3.8) is 0 Å². The first-order valence-electron chi connectivity index (χ1n) is 27.0. The molecule has 0 saturated heterocycles. The Bertz CT molecular complexity index is 1830. The zero-order chi connectivity index (χ0) is 49.5. The molecule has 6 nitrogen and oxygen atoms in total. The van der Waals surface area contributed by atoms with Gasteiger partial charge in [0.1, 0.15) is 0 Å². The molecule has 0 unspecified atom stereocenters. The van der Waals surface area contributed by atoms with Gasteiger partial charge >= 0.3 is 0 Å². The van der Waals surface area contributed by atoms with Gasteiger partial charge in [-0.2, -0.15) is 0 Å². The molecule has 0 aliphatic carbocycles. The molecule has 0 N–H and O–H groups in total. The van der Waals surface area contributed by atoms with E-state index in [1.165, 1.54) is 173 Å². The zero-order valence-electron chi connectivity index (χ0n) is 46.0. The number of unbranched alkanes of at least 4 members (excludes halogenated alkanes) is 12. The normalized spacial score (nSPS) is 12.8. The maximum atomic E-state index is 2.65. The molecule has 0 atom stereocenters. The highest BCUT2D eigenvalue weighted by atomic mass is 15.3. The van der Waals surface area contributed by atoms with Crippen molar-refractivity contribution in [3.8, 4) is 0 Å². The quantitative estimate of drug-likeness (QED) is 0.0262. The van der Waals surface area contributed by atoms with Crippen molar-refractivity contribution in [3.05, 3.63) is 107 Å². The van der Waals surface area contributed by atoms with Gasteiger partial charge in [0, 0.05) is 37.6 Å². The predicted molar refractivity (Wildman–Crippen MR) is 305 cm³/mol. The van der Waals surface area contributed by atoms with Gasteiger partial charge in [0.25, 0.3) is 0 Å². The molecule has 0 heterocycles. The van der Waals surface area contributed by atoms with E-state index in [9.17, 15) is 0 Å². The number of hydrogen-bond acceptors (Lipinski definition) is 2. The summed E-state index contributed by atoms with van der Waals surface area (Å²) >= 11 is 0. The maximum Gasteiger partial charge on any atom is 0.0780 e. The molecular weight excluding hydrogens is 829 g/mol. The number of nitrogens with zero attached hydrogens (tertiary/aromatic N) is 6. The third-order valence-corrected chi connectivity index (χ3v) is 13.4. The number of quaternary nitrogens is 4. The highest BCUT2D eigenvalue weighted by Gasteiger charge is 2.12. The van der Waals surface area contributed by atoms with Crippen LogP contribution in [0.5, 0.6) is 0 Å². The molecule has 0 bridgehead atoms. The number of hydrogen-bond donors (Lipinski definition) is 0. The van der Waals surface area contributed by atoms with E-state index in [1.807, 2.05) is 0 Å². The van der Waals surface area contributed by atoms with E-state index < -0.39 is 0 Å².